The maximum Gasteiger partial charge on any atom is 0.271 e. The van der Waals surface area contributed by atoms with Gasteiger partial charge < -0.3 is 19.6 Å². The van der Waals surface area contributed by atoms with Crippen LogP contribution >= 0.6 is 11.3 Å². The standard InChI is InChI=1S/C21H29N3O5S2/c1-14-11-24(15(2)13-25)21(26)16-7-5-8-17(20(16)29-18(14)12-23(3)4)22-31(27,28)19-9-6-10-30-19/h5-10,14-15,18,22,25H,11-13H2,1-4H3/t14-,15-,18+/m0/s1. The summed E-state index contributed by atoms with van der Waals surface area (Å²) in [5.74, 6) is -0.138. The van der Waals surface area contributed by atoms with E-state index in [1.165, 1.54) is 6.07 Å². The zero-order chi connectivity index (χ0) is 22.8. The van der Waals surface area contributed by atoms with Gasteiger partial charge in [0.25, 0.3) is 15.9 Å². The lowest BCUT2D eigenvalue weighted by Gasteiger charge is -2.38. The number of thiophene rings is 1. The van der Waals surface area contributed by atoms with Crippen LogP contribution in [0, 0.1) is 5.92 Å². The lowest BCUT2D eigenvalue weighted by molar-refractivity contribution is 0.0366. The van der Waals surface area contributed by atoms with Gasteiger partial charge in [-0.1, -0.05) is 19.1 Å². The quantitative estimate of drug-likeness (QED) is 0.649. The van der Waals surface area contributed by atoms with Gasteiger partial charge in [-0.25, -0.2) is 8.42 Å². The fraction of sp³-hybridized carbons (Fsp3) is 0.476. The molecule has 170 valence electrons. The normalized spacial score (nSPS) is 20.6. The fourth-order valence-corrected chi connectivity index (χ4v) is 5.57. The molecule has 1 aliphatic rings. The summed E-state index contributed by atoms with van der Waals surface area (Å²) in [6.07, 6.45) is -0.289. The summed E-state index contributed by atoms with van der Waals surface area (Å²) in [5.41, 5.74) is 0.482. The third-order valence-electron chi connectivity index (χ3n) is 5.24. The molecule has 0 bridgehead atoms. The van der Waals surface area contributed by atoms with Crippen LogP contribution in [-0.4, -0.2) is 75.2 Å². The van der Waals surface area contributed by atoms with Crippen molar-refractivity contribution in [3.8, 4) is 5.75 Å². The summed E-state index contributed by atoms with van der Waals surface area (Å²) in [4.78, 5) is 17.0. The van der Waals surface area contributed by atoms with Gasteiger partial charge in [0, 0.05) is 19.0 Å². The minimum atomic E-state index is -3.82. The minimum absolute atomic E-state index is 0.0459. The summed E-state index contributed by atoms with van der Waals surface area (Å²) >= 11 is 1.11. The third-order valence-corrected chi connectivity index (χ3v) is 8.00. The first kappa shape index (κ1) is 23.5. The Morgan fingerprint density at radius 2 is 2.06 bits per heavy atom. The number of anilines is 1. The number of nitrogens with one attached hydrogen (secondary N) is 1. The van der Waals surface area contributed by atoms with Gasteiger partial charge in [-0.15, -0.1) is 11.3 Å². The Morgan fingerprint density at radius 3 is 2.68 bits per heavy atom. The Bertz CT molecular complexity index is 1010. The van der Waals surface area contributed by atoms with E-state index in [9.17, 15) is 18.3 Å². The number of fused-ring (bicyclic) bond motifs is 1. The van der Waals surface area contributed by atoms with Crippen molar-refractivity contribution in [1.82, 2.24) is 9.80 Å². The highest BCUT2D eigenvalue weighted by Crippen LogP contribution is 2.36. The number of benzene rings is 1. The number of carbonyl (C=O) groups excluding carboxylic acids is 1. The van der Waals surface area contributed by atoms with Crippen LogP contribution in [-0.2, 0) is 10.0 Å². The van der Waals surface area contributed by atoms with Crippen molar-refractivity contribution in [2.75, 3.05) is 38.5 Å². The molecule has 2 heterocycles. The molecule has 0 saturated carbocycles. The zero-order valence-corrected chi connectivity index (χ0v) is 19.7. The molecule has 0 spiro atoms. The number of para-hydroxylation sites is 1. The number of hydrogen-bond donors (Lipinski definition) is 2. The second kappa shape index (κ2) is 9.56. The van der Waals surface area contributed by atoms with Crippen LogP contribution in [0.15, 0.2) is 39.9 Å². The van der Waals surface area contributed by atoms with Crippen LogP contribution in [0.4, 0.5) is 5.69 Å². The molecule has 3 atom stereocenters. The summed E-state index contributed by atoms with van der Waals surface area (Å²) in [7, 11) is 0.0446. The van der Waals surface area contributed by atoms with Gasteiger partial charge >= 0.3 is 0 Å². The Labute approximate surface area is 187 Å². The van der Waals surface area contributed by atoms with Crippen LogP contribution in [0.25, 0.3) is 0 Å². The molecule has 2 aromatic rings. The average molecular weight is 468 g/mol. The van der Waals surface area contributed by atoms with Gasteiger partial charge in [0.15, 0.2) is 5.75 Å². The SMILES string of the molecule is C[C@H]1CN([C@@H](C)CO)C(=O)c2cccc(NS(=O)(=O)c3cccs3)c2O[C@@H]1CN(C)C. The van der Waals surface area contributed by atoms with Gasteiger partial charge in [0.2, 0.25) is 0 Å². The highest BCUT2D eigenvalue weighted by Gasteiger charge is 2.34. The molecule has 2 N–H and O–H groups in total. The monoisotopic (exact) mass is 467 g/mol. The smallest absolute Gasteiger partial charge is 0.271 e. The molecule has 3 rings (SSSR count). The largest absolute Gasteiger partial charge is 0.486 e. The van der Waals surface area contributed by atoms with E-state index >= 15 is 0 Å². The number of aliphatic hydroxyl groups is 1. The van der Waals surface area contributed by atoms with Crippen LogP contribution < -0.4 is 9.46 Å². The average Bonchev–Trinajstić information content (AvgIpc) is 3.26. The van der Waals surface area contributed by atoms with E-state index in [0.29, 0.717) is 13.1 Å². The molecule has 1 aromatic carbocycles. The van der Waals surface area contributed by atoms with Crippen molar-refractivity contribution in [2.45, 2.75) is 30.2 Å². The number of rotatable bonds is 7. The minimum Gasteiger partial charge on any atom is -0.486 e. The van der Waals surface area contributed by atoms with Crippen molar-refractivity contribution in [3.63, 3.8) is 0 Å². The van der Waals surface area contributed by atoms with Gasteiger partial charge in [-0.05, 0) is 44.6 Å². The molecule has 0 saturated heterocycles. The lowest BCUT2D eigenvalue weighted by Crippen LogP contribution is -2.49. The van der Waals surface area contributed by atoms with Gasteiger partial charge in [-0.2, -0.15) is 0 Å². The summed E-state index contributed by atoms with van der Waals surface area (Å²) in [6, 6.07) is 7.65. The Morgan fingerprint density at radius 1 is 1.32 bits per heavy atom. The maximum atomic E-state index is 13.4. The van der Waals surface area contributed by atoms with E-state index in [1.54, 1.807) is 41.5 Å². The Hall–Kier alpha value is -2.14. The topological polar surface area (TPSA) is 99.2 Å². The second-order valence-electron chi connectivity index (χ2n) is 8.10. The van der Waals surface area contributed by atoms with E-state index < -0.39 is 10.0 Å². The molecular formula is C21H29N3O5S2. The highest BCUT2D eigenvalue weighted by molar-refractivity contribution is 7.94. The van der Waals surface area contributed by atoms with Crippen LogP contribution in [0.5, 0.6) is 5.75 Å². The van der Waals surface area contributed by atoms with E-state index in [4.69, 9.17) is 4.74 Å². The van der Waals surface area contributed by atoms with Crippen molar-refractivity contribution < 1.29 is 23.1 Å². The molecule has 1 amide bonds. The number of likely N-dealkylation sites (N-methyl/N-ethyl adjacent to an activating group) is 1. The lowest BCUT2D eigenvalue weighted by atomic mass is 9.99. The predicted molar refractivity (Wildman–Crippen MR) is 121 cm³/mol. The number of carbonyl (C=O) groups is 1. The summed E-state index contributed by atoms with van der Waals surface area (Å²) < 4.78 is 34.7. The zero-order valence-electron chi connectivity index (χ0n) is 18.1. The molecule has 31 heavy (non-hydrogen) atoms. The molecule has 0 radical (unpaired) electrons. The first-order valence-electron chi connectivity index (χ1n) is 10.1. The highest BCUT2D eigenvalue weighted by atomic mass is 32.2. The number of ether oxygens (including phenoxy) is 1. The maximum absolute atomic E-state index is 13.4. The molecule has 0 unspecified atom stereocenters. The van der Waals surface area contributed by atoms with Crippen LogP contribution in [0.3, 0.4) is 0 Å². The predicted octanol–water partition coefficient (Wildman–Crippen LogP) is 2.33. The number of nitrogens with zero attached hydrogens (tertiary/aromatic N) is 2. The first-order valence-corrected chi connectivity index (χ1v) is 12.4. The van der Waals surface area contributed by atoms with E-state index in [2.05, 4.69) is 4.72 Å². The molecule has 1 aromatic heterocycles. The van der Waals surface area contributed by atoms with Crippen molar-refractivity contribution in [1.29, 1.82) is 0 Å². The number of amides is 1. The van der Waals surface area contributed by atoms with Gasteiger partial charge in [0.05, 0.1) is 23.9 Å². The Kier molecular flexibility index (Phi) is 7.25. The molecule has 1 aliphatic heterocycles. The second-order valence-corrected chi connectivity index (χ2v) is 11.0. The van der Waals surface area contributed by atoms with Crippen LogP contribution in [0.1, 0.15) is 24.2 Å². The Balaban J connectivity index is 2.09. The number of hydrogen-bond acceptors (Lipinski definition) is 7. The molecular weight excluding hydrogens is 438 g/mol. The summed E-state index contributed by atoms with van der Waals surface area (Å²) in [6.45, 7) is 4.61. The third kappa shape index (κ3) is 5.20. The molecule has 8 nitrogen and oxygen atoms in total. The van der Waals surface area contributed by atoms with E-state index in [1.807, 2.05) is 25.9 Å². The number of aliphatic hydroxyl groups excluding tert-OH is 1. The van der Waals surface area contributed by atoms with Crippen molar-refractivity contribution in [2.24, 2.45) is 5.92 Å². The molecule has 0 aliphatic carbocycles. The first-order chi connectivity index (χ1) is 14.6. The van der Waals surface area contributed by atoms with Crippen LogP contribution in [0.2, 0.25) is 0 Å². The van der Waals surface area contributed by atoms with Gasteiger partial charge in [-0.3, -0.25) is 9.52 Å². The number of sulfonamides is 1. The van der Waals surface area contributed by atoms with Gasteiger partial charge in [0.1, 0.15) is 10.3 Å². The van der Waals surface area contributed by atoms with E-state index in [0.717, 1.165) is 11.3 Å². The van der Waals surface area contributed by atoms with Crippen molar-refractivity contribution >= 4 is 33.0 Å². The summed E-state index contributed by atoms with van der Waals surface area (Å²) in [5, 5.41) is 11.4. The molecule has 0 fully saturated rings. The van der Waals surface area contributed by atoms with E-state index in [-0.39, 0.29) is 51.8 Å². The molecule has 10 heteroatoms. The van der Waals surface area contributed by atoms with Crippen molar-refractivity contribution in [3.05, 3.63) is 41.3 Å². The fourth-order valence-electron chi connectivity index (χ4n) is 3.51.